The average molecular weight is 316 g/mol. The van der Waals surface area contributed by atoms with Gasteiger partial charge in [-0.1, -0.05) is 22.9 Å². The molecule has 0 fully saturated rings. The molecule has 122 valence electrons. The van der Waals surface area contributed by atoms with E-state index in [0.717, 1.165) is 11.3 Å². The standard InChI is InChI=1S/C16H20N4O3/c1-10-6-8-12(9-7-10)20-11(2)13(18-19-20)14(21)17-16(3,4)15(22)23-5/h6-9H,1-5H3,(H,17,21). The molecule has 0 radical (unpaired) electrons. The maximum absolute atomic E-state index is 12.4. The maximum atomic E-state index is 12.4. The molecule has 23 heavy (non-hydrogen) atoms. The number of rotatable bonds is 4. The van der Waals surface area contributed by atoms with Crippen LogP contribution in [0.15, 0.2) is 24.3 Å². The first-order chi connectivity index (χ1) is 10.8. The zero-order valence-electron chi connectivity index (χ0n) is 13.9. The minimum absolute atomic E-state index is 0.169. The first-order valence-corrected chi connectivity index (χ1v) is 7.16. The van der Waals surface area contributed by atoms with Crippen LogP contribution in [0.3, 0.4) is 0 Å². The minimum atomic E-state index is -1.15. The number of nitrogens with one attached hydrogen (secondary N) is 1. The molecule has 0 atom stereocenters. The minimum Gasteiger partial charge on any atom is -0.467 e. The van der Waals surface area contributed by atoms with Crippen molar-refractivity contribution < 1.29 is 14.3 Å². The lowest BCUT2D eigenvalue weighted by Gasteiger charge is -2.22. The second-order valence-corrected chi connectivity index (χ2v) is 5.84. The average Bonchev–Trinajstić information content (AvgIpc) is 2.88. The number of hydrogen-bond acceptors (Lipinski definition) is 5. The van der Waals surface area contributed by atoms with Gasteiger partial charge >= 0.3 is 5.97 Å². The van der Waals surface area contributed by atoms with E-state index in [1.54, 1.807) is 25.5 Å². The molecule has 7 nitrogen and oxygen atoms in total. The summed E-state index contributed by atoms with van der Waals surface area (Å²) in [4.78, 5) is 24.0. The third kappa shape index (κ3) is 3.39. The highest BCUT2D eigenvalue weighted by atomic mass is 16.5. The van der Waals surface area contributed by atoms with Gasteiger partial charge in [0.25, 0.3) is 5.91 Å². The van der Waals surface area contributed by atoms with E-state index in [2.05, 4.69) is 20.4 Å². The molecule has 0 unspecified atom stereocenters. The molecule has 1 N–H and O–H groups in total. The Balaban J connectivity index is 2.27. The molecule has 0 aliphatic heterocycles. The zero-order valence-corrected chi connectivity index (χ0v) is 13.9. The van der Waals surface area contributed by atoms with Crippen molar-refractivity contribution in [2.24, 2.45) is 0 Å². The fraction of sp³-hybridized carbons (Fsp3) is 0.375. The summed E-state index contributed by atoms with van der Waals surface area (Å²) in [5.74, 6) is -1.01. The Morgan fingerprint density at radius 3 is 2.35 bits per heavy atom. The SMILES string of the molecule is COC(=O)C(C)(C)NC(=O)c1nnn(-c2ccc(C)cc2)c1C. The molecule has 0 aliphatic carbocycles. The second kappa shape index (κ2) is 6.20. The summed E-state index contributed by atoms with van der Waals surface area (Å²) in [6, 6.07) is 7.71. The fourth-order valence-electron chi connectivity index (χ4n) is 2.12. The second-order valence-electron chi connectivity index (χ2n) is 5.84. The van der Waals surface area contributed by atoms with E-state index in [4.69, 9.17) is 0 Å². The Kier molecular flexibility index (Phi) is 4.49. The number of aryl methyl sites for hydroxylation is 1. The van der Waals surface area contributed by atoms with Crippen molar-refractivity contribution in [3.05, 3.63) is 41.2 Å². The lowest BCUT2D eigenvalue weighted by molar-refractivity contribution is -0.146. The van der Waals surface area contributed by atoms with Crippen LogP contribution in [0.5, 0.6) is 0 Å². The van der Waals surface area contributed by atoms with E-state index >= 15 is 0 Å². The summed E-state index contributed by atoms with van der Waals surface area (Å²) in [6.07, 6.45) is 0. The normalized spacial score (nSPS) is 11.2. The quantitative estimate of drug-likeness (QED) is 0.865. The summed E-state index contributed by atoms with van der Waals surface area (Å²) in [5, 5.41) is 10.6. The summed E-state index contributed by atoms with van der Waals surface area (Å²) < 4.78 is 6.26. The van der Waals surface area contributed by atoms with Crippen molar-refractivity contribution in [1.29, 1.82) is 0 Å². The van der Waals surface area contributed by atoms with Gasteiger partial charge in [-0.2, -0.15) is 0 Å². The van der Waals surface area contributed by atoms with Gasteiger partial charge in [0.2, 0.25) is 0 Å². The number of benzene rings is 1. The molecule has 2 aromatic rings. The topological polar surface area (TPSA) is 86.1 Å². The van der Waals surface area contributed by atoms with E-state index < -0.39 is 17.4 Å². The first kappa shape index (κ1) is 16.7. The number of aromatic nitrogens is 3. The number of carbonyl (C=O) groups is 2. The van der Waals surface area contributed by atoms with Gasteiger partial charge in [0.15, 0.2) is 5.69 Å². The summed E-state index contributed by atoms with van der Waals surface area (Å²) in [6.45, 7) is 6.87. The number of hydrogen-bond donors (Lipinski definition) is 1. The van der Waals surface area contributed by atoms with Crippen LogP contribution in [0.25, 0.3) is 5.69 Å². The maximum Gasteiger partial charge on any atom is 0.330 e. The van der Waals surface area contributed by atoms with Crippen molar-refractivity contribution in [3.8, 4) is 5.69 Å². The van der Waals surface area contributed by atoms with Crippen LogP contribution in [0.1, 0.15) is 35.6 Å². The van der Waals surface area contributed by atoms with Crippen LogP contribution in [-0.4, -0.2) is 39.5 Å². The number of methoxy groups -OCH3 is 1. The number of esters is 1. The van der Waals surface area contributed by atoms with Crippen LogP contribution < -0.4 is 5.32 Å². The van der Waals surface area contributed by atoms with Gasteiger partial charge in [-0.05, 0) is 39.8 Å². The molecule has 2 rings (SSSR count). The van der Waals surface area contributed by atoms with E-state index in [1.165, 1.54) is 7.11 Å². The van der Waals surface area contributed by atoms with Crippen LogP contribution in [0.2, 0.25) is 0 Å². The van der Waals surface area contributed by atoms with Crippen molar-refractivity contribution >= 4 is 11.9 Å². The van der Waals surface area contributed by atoms with Gasteiger partial charge in [-0.3, -0.25) is 4.79 Å². The molecular formula is C16H20N4O3. The monoisotopic (exact) mass is 316 g/mol. The van der Waals surface area contributed by atoms with Crippen LogP contribution in [0, 0.1) is 13.8 Å². The highest BCUT2D eigenvalue weighted by Crippen LogP contribution is 2.14. The molecule has 1 aromatic carbocycles. The van der Waals surface area contributed by atoms with Gasteiger partial charge in [0.05, 0.1) is 18.5 Å². The Hall–Kier alpha value is -2.70. The molecule has 1 amide bonds. The Bertz CT molecular complexity index is 732. The third-order valence-electron chi connectivity index (χ3n) is 3.51. The largest absolute Gasteiger partial charge is 0.467 e. The van der Waals surface area contributed by atoms with Crippen LogP contribution in [-0.2, 0) is 9.53 Å². The Labute approximate surface area is 134 Å². The highest BCUT2D eigenvalue weighted by molar-refractivity contribution is 5.97. The molecule has 1 heterocycles. The smallest absolute Gasteiger partial charge is 0.330 e. The predicted octanol–water partition coefficient (Wildman–Crippen LogP) is 1.57. The molecule has 1 aromatic heterocycles. The first-order valence-electron chi connectivity index (χ1n) is 7.16. The number of amides is 1. The lowest BCUT2D eigenvalue weighted by Crippen LogP contribution is -2.50. The van der Waals surface area contributed by atoms with Crippen LogP contribution in [0.4, 0.5) is 0 Å². The van der Waals surface area contributed by atoms with Gasteiger partial charge in [-0.15, -0.1) is 5.10 Å². The highest BCUT2D eigenvalue weighted by Gasteiger charge is 2.32. The molecule has 0 saturated carbocycles. The summed E-state index contributed by atoms with van der Waals surface area (Å²) >= 11 is 0. The van der Waals surface area contributed by atoms with E-state index in [-0.39, 0.29) is 5.69 Å². The van der Waals surface area contributed by atoms with Crippen molar-refractivity contribution in [2.75, 3.05) is 7.11 Å². The van der Waals surface area contributed by atoms with Crippen LogP contribution >= 0.6 is 0 Å². The fourth-order valence-corrected chi connectivity index (χ4v) is 2.12. The van der Waals surface area contributed by atoms with Gasteiger partial charge < -0.3 is 10.1 Å². The summed E-state index contributed by atoms with van der Waals surface area (Å²) in [5.41, 5.74) is 1.55. The molecule has 0 bridgehead atoms. The van der Waals surface area contributed by atoms with Crippen molar-refractivity contribution in [3.63, 3.8) is 0 Å². The lowest BCUT2D eigenvalue weighted by atomic mass is 10.1. The molecule has 0 saturated heterocycles. The Morgan fingerprint density at radius 2 is 1.78 bits per heavy atom. The van der Waals surface area contributed by atoms with E-state index in [9.17, 15) is 9.59 Å². The number of ether oxygens (including phenoxy) is 1. The van der Waals surface area contributed by atoms with Crippen molar-refractivity contribution in [1.82, 2.24) is 20.3 Å². The molecule has 0 spiro atoms. The van der Waals surface area contributed by atoms with Crippen molar-refractivity contribution in [2.45, 2.75) is 33.2 Å². The molecular weight excluding hydrogens is 296 g/mol. The van der Waals surface area contributed by atoms with Gasteiger partial charge in [0, 0.05) is 0 Å². The molecule has 0 aliphatic rings. The predicted molar refractivity (Wildman–Crippen MR) is 84.4 cm³/mol. The zero-order chi connectivity index (χ0) is 17.2. The van der Waals surface area contributed by atoms with E-state index in [1.807, 2.05) is 31.2 Å². The Morgan fingerprint density at radius 1 is 1.17 bits per heavy atom. The van der Waals surface area contributed by atoms with Gasteiger partial charge in [-0.25, -0.2) is 9.48 Å². The molecule has 7 heteroatoms. The van der Waals surface area contributed by atoms with E-state index in [0.29, 0.717) is 5.69 Å². The third-order valence-corrected chi connectivity index (χ3v) is 3.51. The number of carbonyl (C=O) groups excluding carboxylic acids is 2. The summed E-state index contributed by atoms with van der Waals surface area (Å²) in [7, 11) is 1.27. The number of nitrogens with zero attached hydrogens (tertiary/aromatic N) is 3. The van der Waals surface area contributed by atoms with Gasteiger partial charge in [0.1, 0.15) is 5.54 Å².